The third kappa shape index (κ3) is 4.82. The van der Waals surface area contributed by atoms with Crippen LogP contribution >= 0.6 is 0 Å². The molecule has 1 N–H and O–H groups in total. The molecule has 0 aromatic heterocycles. The molecule has 0 aliphatic carbocycles. The SMILES string of the molecule is COC(CN(C(=O)CCC(=O)O)c1c(C)cccc1C)OC. The Bertz CT molecular complexity index is 505. The Morgan fingerprint density at radius 1 is 1.14 bits per heavy atom. The largest absolute Gasteiger partial charge is 0.481 e. The third-order valence-corrected chi connectivity index (χ3v) is 3.42. The van der Waals surface area contributed by atoms with E-state index in [1.807, 2.05) is 32.0 Å². The summed E-state index contributed by atoms with van der Waals surface area (Å²) in [5.74, 6) is -1.26. The summed E-state index contributed by atoms with van der Waals surface area (Å²) in [4.78, 5) is 24.7. The van der Waals surface area contributed by atoms with E-state index in [0.717, 1.165) is 16.8 Å². The van der Waals surface area contributed by atoms with Crippen molar-refractivity contribution in [2.45, 2.75) is 33.0 Å². The maximum atomic E-state index is 12.5. The number of anilines is 1. The second-order valence-corrected chi connectivity index (χ2v) is 5.04. The minimum absolute atomic E-state index is 0.0662. The first-order valence-corrected chi connectivity index (χ1v) is 7.04. The van der Waals surface area contributed by atoms with Crippen LogP contribution in [-0.2, 0) is 19.1 Å². The van der Waals surface area contributed by atoms with Gasteiger partial charge in [-0.15, -0.1) is 0 Å². The fourth-order valence-corrected chi connectivity index (χ4v) is 2.29. The average molecular weight is 309 g/mol. The minimum atomic E-state index is -0.996. The summed E-state index contributed by atoms with van der Waals surface area (Å²) >= 11 is 0. The number of amides is 1. The number of aliphatic carboxylic acids is 1. The molecule has 1 aromatic carbocycles. The van der Waals surface area contributed by atoms with Crippen LogP contribution in [0.15, 0.2) is 18.2 Å². The van der Waals surface area contributed by atoms with Crippen LogP contribution in [0.5, 0.6) is 0 Å². The lowest BCUT2D eigenvalue weighted by atomic mass is 10.1. The van der Waals surface area contributed by atoms with Gasteiger partial charge < -0.3 is 19.5 Å². The van der Waals surface area contributed by atoms with E-state index in [9.17, 15) is 9.59 Å². The van der Waals surface area contributed by atoms with Gasteiger partial charge in [-0.1, -0.05) is 18.2 Å². The molecule has 0 aliphatic heterocycles. The van der Waals surface area contributed by atoms with Crippen LogP contribution < -0.4 is 4.90 Å². The highest BCUT2D eigenvalue weighted by atomic mass is 16.7. The summed E-state index contributed by atoms with van der Waals surface area (Å²) in [7, 11) is 3.00. The molecule has 122 valence electrons. The Hall–Kier alpha value is -1.92. The Morgan fingerprint density at radius 3 is 2.14 bits per heavy atom. The normalized spacial score (nSPS) is 10.8. The van der Waals surface area contributed by atoms with Gasteiger partial charge in [0.05, 0.1) is 13.0 Å². The van der Waals surface area contributed by atoms with Gasteiger partial charge in [-0.05, 0) is 25.0 Å². The van der Waals surface area contributed by atoms with Gasteiger partial charge in [0.15, 0.2) is 6.29 Å². The topological polar surface area (TPSA) is 76.1 Å². The van der Waals surface area contributed by atoms with Crippen molar-refractivity contribution < 1.29 is 24.2 Å². The maximum Gasteiger partial charge on any atom is 0.303 e. The van der Waals surface area contributed by atoms with Crippen LogP contribution in [0.25, 0.3) is 0 Å². The van der Waals surface area contributed by atoms with E-state index in [4.69, 9.17) is 14.6 Å². The number of carbonyl (C=O) groups is 2. The molecular formula is C16H23NO5. The van der Waals surface area contributed by atoms with Gasteiger partial charge >= 0.3 is 5.97 Å². The van der Waals surface area contributed by atoms with E-state index >= 15 is 0 Å². The molecule has 0 spiro atoms. The van der Waals surface area contributed by atoms with Crippen molar-refractivity contribution in [2.24, 2.45) is 0 Å². The van der Waals surface area contributed by atoms with Crippen molar-refractivity contribution in [3.63, 3.8) is 0 Å². The molecule has 1 aromatic rings. The lowest BCUT2D eigenvalue weighted by molar-refractivity contribution is -0.138. The third-order valence-electron chi connectivity index (χ3n) is 3.42. The highest BCUT2D eigenvalue weighted by Gasteiger charge is 2.23. The zero-order chi connectivity index (χ0) is 16.7. The standard InChI is InChI=1S/C16H23NO5/c1-11-6-5-7-12(2)16(11)17(10-15(21-3)22-4)13(18)8-9-14(19)20/h5-7,15H,8-10H2,1-4H3,(H,19,20). The molecule has 0 fully saturated rings. The van der Waals surface area contributed by atoms with Gasteiger partial charge in [0.1, 0.15) is 0 Å². The van der Waals surface area contributed by atoms with Gasteiger partial charge in [-0.25, -0.2) is 0 Å². The van der Waals surface area contributed by atoms with Gasteiger partial charge in [0, 0.05) is 26.3 Å². The number of carboxylic acid groups (broad SMARTS) is 1. The predicted octanol–water partition coefficient (Wildman–Crippen LogP) is 2.12. The quantitative estimate of drug-likeness (QED) is 0.744. The van der Waals surface area contributed by atoms with Gasteiger partial charge in [0.25, 0.3) is 0 Å². The van der Waals surface area contributed by atoms with E-state index in [2.05, 4.69) is 0 Å². The molecule has 0 saturated heterocycles. The monoisotopic (exact) mass is 309 g/mol. The van der Waals surface area contributed by atoms with Crippen LogP contribution in [0.4, 0.5) is 5.69 Å². The molecule has 0 radical (unpaired) electrons. The van der Waals surface area contributed by atoms with Gasteiger partial charge in [-0.3, -0.25) is 9.59 Å². The molecule has 22 heavy (non-hydrogen) atoms. The summed E-state index contributed by atoms with van der Waals surface area (Å²) in [5.41, 5.74) is 2.65. The van der Waals surface area contributed by atoms with Gasteiger partial charge in [0.2, 0.25) is 5.91 Å². The van der Waals surface area contributed by atoms with Crippen molar-refractivity contribution >= 4 is 17.6 Å². The van der Waals surface area contributed by atoms with E-state index < -0.39 is 12.3 Å². The molecule has 0 bridgehead atoms. The zero-order valence-electron chi connectivity index (χ0n) is 13.5. The number of para-hydroxylation sites is 1. The van der Waals surface area contributed by atoms with Gasteiger partial charge in [-0.2, -0.15) is 0 Å². The molecule has 0 atom stereocenters. The first kappa shape index (κ1) is 18.1. The Kier molecular flexibility index (Phi) is 7.01. The summed E-state index contributed by atoms with van der Waals surface area (Å²) in [6, 6.07) is 5.74. The smallest absolute Gasteiger partial charge is 0.303 e. The number of benzene rings is 1. The maximum absolute atomic E-state index is 12.5. The Labute approximate surface area is 130 Å². The highest BCUT2D eigenvalue weighted by molar-refractivity contribution is 5.96. The van der Waals surface area contributed by atoms with Crippen LogP contribution in [0.1, 0.15) is 24.0 Å². The number of rotatable bonds is 8. The molecule has 1 amide bonds. The minimum Gasteiger partial charge on any atom is -0.481 e. The molecule has 6 nitrogen and oxygen atoms in total. The number of aryl methyl sites for hydroxylation is 2. The van der Waals surface area contributed by atoms with E-state index in [1.54, 1.807) is 4.90 Å². The number of hydrogen-bond acceptors (Lipinski definition) is 4. The second kappa shape index (κ2) is 8.51. The van der Waals surface area contributed by atoms with Crippen LogP contribution in [0.2, 0.25) is 0 Å². The summed E-state index contributed by atoms with van der Waals surface area (Å²) in [6.07, 6.45) is -0.846. The average Bonchev–Trinajstić information content (AvgIpc) is 2.47. The summed E-state index contributed by atoms with van der Waals surface area (Å²) in [5, 5.41) is 8.78. The lowest BCUT2D eigenvalue weighted by Crippen LogP contribution is -2.40. The van der Waals surface area contributed by atoms with E-state index in [-0.39, 0.29) is 25.3 Å². The predicted molar refractivity (Wildman–Crippen MR) is 82.9 cm³/mol. The van der Waals surface area contributed by atoms with Crippen molar-refractivity contribution in [3.8, 4) is 0 Å². The Balaban J connectivity index is 3.10. The number of methoxy groups -OCH3 is 2. The van der Waals surface area contributed by atoms with Crippen molar-refractivity contribution in [1.29, 1.82) is 0 Å². The van der Waals surface area contributed by atoms with Crippen LogP contribution in [-0.4, -0.2) is 44.0 Å². The lowest BCUT2D eigenvalue weighted by Gasteiger charge is -2.29. The zero-order valence-corrected chi connectivity index (χ0v) is 13.5. The molecule has 0 heterocycles. The molecular weight excluding hydrogens is 286 g/mol. The number of carboxylic acids is 1. The summed E-state index contributed by atoms with van der Waals surface area (Å²) in [6.45, 7) is 4.03. The van der Waals surface area contributed by atoms with Crippen molar-refractivity contribution in [3.05, 3.63) is 29.3 Å². The molecule has 0 unspecified atom stereocenters. The van der Waals surface area contributed by atoms with Crippen LogP contribution in [0.3, 0.4) is 0 Å². The summed E-state index contributed by atoms with van der Waals surface area (Å²) < 4.78 is 10.3. The Morgan fingerprint density at radius 2 is 1.68 bits per heavy atom. The first-order valence-electron chi connectivity index (χ1n) is 7.04. The molecule has 0 saturated carbocycles. The highest BCUT2D eigenvalue weighted by Crippen LogP contribution is 2.26. The number of nitrogens with zero attached hydrogens (tertiary/aromatic N) is 1. The first-order chi connectivity index (χ1) is 10.4. The molecule has 0 aliphatic rings. The van der Waals surface area contributed by atoms with E-state index in [0.29, 0.717) is 0 Å². The second-order valence-electron chi connectivity index (χ2n) is 5.04. The number of hydrogen-bond donors (Lipinski definition) is 1. The number of ether oxygens (including phenoxy) is 2. The fraction of sp³-hybridized carbons (Fsp3) is 0.500. The van der Waals surface area contributed by atoms with E-state index in [1.165, 1.54) is 14.2 Å². The fourth-order valence-electron chi connectivity index (χ4n) is 2.29. The molecule has 6 heteroatoms. The molecule has 1 rings (SSSR count). The van der Waals surface area contributed by atoms with Crippen molar-refractivity contribution in [1.82, 2.24) is 0 Å². The van der Waals surface area contributed by atoms with Crippen LogP contribution in [0, 0.1) is 13.8 Å². The number of carbonyl (C=O) groups excluding carboxylic acids is 1. The van der Waals surface area contributed by atoms with Crippen molar-refractivity contribution in [2.75, 3.05) is 25.7 Å².